The van der Waals surface area contributed by atoms with Crippen LogP contribution in [0.25, 0.3) is 0 Å². The number of hydrogen-bond donors (Lipinski definition) is 1. The molecule has 0 radical (unpaired) electrons. The lowest BCUT2D eigenvalue weighted by Gasteiger charge is -2.04. The van der Waals surface area contributed by atoms with Gasteiger partial charge in [0.15, 0.2) is 0 Å². The van der Waals surface area contributed by atoms with Gasteiger partial charge in [0.2, 0.25) is 0 Å². The SMILES string of the molecule is CCC(N)c1cnn(Cc2cccc([N+](=O)[O-])c2)c1. The molecule has 1 atom stereocenters. The molecule has 2 N–H and O–H groups in total. The average molecular weight is 260 g/mol. The maximum absolute atomic E-state index is 10.7. The fourth-order valence-corrected chi connectivity index (χ4v) is 1.85. The van der Waals surface area contributed by atoms with Crippen LogP contribution in [0.5, 0.6) is 0 Å². The number of nitrogens with zero attached hydrogens (tertiary/aromatic N) is 3. The van der Waals surface area contributed by atoms with Gasteiger partial charge in [-0.25, -0.2) is 0 Å². The monoisotopic (exact) mass is 260 g/mol. The summed E-state index contributed by atoms with van der Waals surface area (Å²) in [5, 5.41) is 14.9. The van der Waals surface area contributed by atoms with Crippen molar-refractivity contribution in [3.8, 4) is 0 Å². The molecule has 0 fully saturated rings. The molecule has 1 unspecified atom stereocenters. The van der Waals surface area contributed by atoms with Crippen molar-refractivity contribution >= 4 is 5.69 Å². The number of benzene rings is 1. The molecule has 0 saturated carbocycles. The van der Waals surface area contributed by atoms with Gasteiger partial charge in [0.1, 0.15) is 0 Å². The number of rotatable bonds is 5. The highest BCUT2D eigenvalue weighted by Gasteiger charge is 2.08. The summed E-state index contributed by atoms with van der Waals surface area (Å²) in [5.74, 6) is 0. The summed E-state index contributed by atoms with van der Waals surface area (Å²) in [6, 6.07) is 6.54. The summed E-state index contributed by atoms with van der Waals surface area (Å²) < 4.78 is 1.74. The lowest BCUT2D eigenvalue weighted by atomic mass is 10.1. The van der Waals surface area contributed by atoms with Crippen molar-refractivity contribution in [2.45, 2.75) is 25.9 Å². The Morgan fingerprint density at radius 1 is 1.53 bits per heavy atom. The highest BCUT2D eigenvalue weighted by molar-refractivity contribution is 5.34. The van der Waals surface area contributed by atoms with E-state index in [4.69, 9.17) is 5.73 Å². The number of nitrogens with two attached hydrogens (primary N) is 1. The van der Waals surface area contributed by atoms with Gasteiger partial charge in [-0.3, -0.25) is 14.8 Å². The molecule has 2 rings (SSSR count). The molecule has 0 amide bonds. The molecule has 0 aliphatic carbocycles. The average Bonchev–Trinajstić information content (AvgIpc) is 2.86. The van der Waals surface area contributed by atoms with E-state index in [-0.39, 0.29) is 11.7 Å². The van der Waals surface area contributed by atoms with Crippen LogP contribution < -0.4 is 5.73 Å². The topological polar surface area (TPSA) is 87.0 Å². The molecule has 6 heteroatoms. The van der Waals surface area contributed by atoms with Gasteiger partial charge >= 0.3 is 0 Å². The minimum absolute atomic E-state index is 0.0149. The van der Waals surface area contributed by atoms with Crippen LogP contribution in [-0.4, -0.2) is 14.7 Å². The molecule has 19 heavy (non-hydrogen) atoms. The maximum Gasteiger partial charge on any atom is 0.269 e. The van der Waals surface area contributed by atoms with E-state index in [1.54, 1.807) is 23.0 Å². The number of nitro groups is 1. The lowest BCUT2D eigenvalue weighted by molar-refractivity contribution is -0.384. The van der Waals surface area contributed by atoms with Crippen molar-refractivity contribution in [3.63, 3.8) is 0 Å². The highest BCUT2D eigenvalue weighted by Crippen LogP contribution is 2.16. The van der Waals surface area contributed by atoms with Crippen molar-refractivity contribution in [1.82, 2.24) is 9.78 Å². The van der Waals surface area contributed by atoms with Crippen LogP contribution in [-0.2, 0) is 6.54 Å². The third-order valence-corrected chi connectivity index (χ3v) is 2.99. The molecule has 100 valence electrons. The van der Waals surface area contributed by atoms with Gasteiger partial charge in [0.25, 0.3) is 5.69 Å². The number of non-ortho nitro benzene ring substituents is 1. The van der Waals surface area contributed by atoms with E-state index < -0.39 is 4.92 Å². The van der Waals surface area contributed by atoms with Crippen molar-refractivity contribution in [2.75, 3.05) is 0 Å². The quantitative estimate of drug-likeness (QED) is 0.659. The zero-order valence-corrected chi connectivity index (χ0v) is 10.7. The van der Waals surface area contributed by atoms with Crippen LogP contribution in [0, 0.1) is 10.1 Å². The Labute approximate surface area is 111 Å². The summed E-state index contributed by atoms with van der Waals surface area (Å²) in [6.07, 6.45) is 4.47. The van der Waals surface area contributed by atoms with Crippen LogP contribution in [0.2, 0.25) is 0 Å². The standard InChI is InChI=1S/C13H16N4O2/c1-2-13(14)11-7-15-16(9-11)8-10-4-3-5-12(6-10)17(18)19/h3-7,9,13H,2,8,14H2,1H3. The molecular formula is C13H16N4O2. The molecule has 0 saturated heterocycles. The predicted molar refractivity (Wildman–Crippen MR) is 71.6 cm³/mol. The highest BCUT2D eigenvalue weighted by atomic mass is 16.6. The van der Waals surface area contributed by atoms with Crippen LogP contribution in [0.15, 0.2) is 36.7 Å². The van der Waals surface area contributed by atoms with E-state index in [0.717, 1.165) is 17.5 Å². The normalized spacial score (nSPS) is 12.3. The predicted octanol–water partition coefficient (Wildman–Crippen LogP) is 2.25. The lowest BCUT2D eigenvalue weighted by Crippen LogP contribution is -2.07. The van der Waals surface area contributed by atoms with Gasteiger partial charge in [0.05, 0.1) is 17.7 Å². The van der Waals surface area contributed by atoms with E-state index >= 15 is 0 Å². The number of hydrogen-bond acceptors (Lipinski definition) is 4. The Hall–Kier alpha value is -2.21. The molecule has 0 aliphatic rings. The van der Waals surface area contributed by atoms with Crippen LogP contribution in [0.1, 0.15) is 30.5 Å². The van der Waals surface area contributed by atoms with Crippen LogP contribution in [0.4, 0.5) is 5.69 Å². The smallest absolute Gasteiger partial charge is 0.269 e. The zero-order valence-electron chi connectivity index (χ0n) is 10.7. The molecule has 0 bridgehead atoms. The first-order chi connectivity index (χ1) is 9.10. The second-order valence-corrected chi connectivity index (χ2v) is 4.41. The Kier molecular flexibility index (Phi) is 3.91. The molecule has 1 aromatic heterocycles. The molecule has 0 spiro atoms. The molecule has 1 heterocycles. The minimum atomic E-state index is -0.398. The summed E-state index contributed by atoms with van der Waals surface area (Å²) in [4.78, 5) is 10.3. The van der Waals surface area contributed by atoms with E-state index in [0.29, 0.717) is 6.54 Å². The van der Waals surface area contributed by atoms with Crippen molar-refractivity contribution in [2.24, 2.45) is 5.73 Å². The molecular weight excluding hydrogens is 244 g/mol. The van der Waals surface area contributed by atoms with Gasteiger partial charge in [-0.15, -0.1) is 0 Å². The second kappa shape index (κ2) is 5.62. The first-order valence-corrected chi connectivity index (χ1v) is 6.11. The van der Waals surface area contributed by atoms with Crippen molar-refractivity contribution < 1.29 is 4.92 Å². The van der Waals surface area contributed by atoms with E-state index in [2.05, 4.69) is 5.10 Å². The van der Waals surface area contributed by atoms with Gasteiger partial charge in [-0.05, 0) is 12.0 Å². The van der Waals surface area contributed by atoms with Crippen molar-refractivity contribution in [1.29, 1.82) is 0 Å². The van der Waals surface area contributed by atoms with E-state index in [1.807, 2.05) is 19.2 Å². The third-order valence-electron chi connectivity index (χ3n) is 2.99. The summed E-state index contributed by atoms with van der Waals surface area (Å²) in [5.41, 5.74) is 7.84. The molecule has 2 aromatic rings. The van der Waals surface area contributed by atoms with Crippen molar-refractivity contribution in [3.05, 3.63) is 57.9 Å². The number of aromatic nitrogens is 2. The van der Waals surface area contributed by atoms with Gasteiger partial charge in [0, 0.05) is 29.9 Å². The molecule has 1 aromatic carbocycles. The van der Waals surface area contributed by atoms with Gasteiger partial charge in [-0.1, -0.05) is 19.1 Å². The largest absolute Gasteiger partial charge is 0.324 e. The van der Waals surface area contributed by atoms with Crippen LogP contribution >= 0.6 is 0 Å². The summed E-state index contributed by atoms with van der Waals surface area (Å²) in [7, 11) is 0. The van der Waals surface area contributed by atoms with Crippen LogP contribution in [0.3, 0.4) is 0 Å². The Morgan fingerprint density at radius 3 is 3.00 bits per heavy atom. The van der Waals surface area contributed by atoms with Gasteiger partial charge in [-0.2, -0.15) is 5.10 Å². The Bertz CT molecular complexity index is 580. The van der Waals surface area contributed by atoms with E-state index in [9.17, 15) is 10.1 Å². The minimum Gasteiger partial charge on any atom is -0.324 e. The second-order valence-electron chi connectivity index (χ2n) is 4.41. The Morgan fingerprint density at radius 2 is 2.32 bits per heavy atom. The fourth-order valence-electron chi connectivity index (χ4n) is 1.85. The Balaban J connectivity index is 2.15. The zero-order chi connectivity index (χ0) is 13.8. The molecule has 6 nitrogen and oxygen atoms in total. The fraction of sp³-hybridized carbons (Fsp3) is 0.308. The van der Waals surface area contributed by atoms with E-state index in [1.165, 1.54) is 6.07 Å². The summed E-state index contributed by atoms with van der Waals surface area (Å²) in [6.45, 7) is 2.51. The third kappa shape index (κ3) is 3.17. The number of nitro benzene ring substituents is 1. The first kappa shape index (κ1) is 13.2. The first-order valence-electron chi connectivity index (χ1n) is 6.11. The molecule has 0 aliphatic heterocycles. The summed E-state index contributed by atoms with van der Waals surface area (Å²) >= 11 is 0. The maximum atomic E-state index is 10.7. The van der Waals surface area contributed by atoms with Gasteiger partial charge < -0.3 is 5.73 Å².